The van der Waals surface area contributed by atoms with Gasteiger partial charge in [0.1, 0.15) is 5.75 Å². The third-order valence-corrected chi connectivity index (χ3v) is 5.49. The molecule has 3 rings (SSSR count). The maximum atomic E-state index is 12.8. The molecule has 0 radical (unpaired) electrons. The number of methoxy groups -OCH3 is 1. The molecule has 1 N–H and O–H groups in total. The SMILES string of the molecule is COc1ccc(C)cc1CN(C)CC(=O)N[C@@H](c1ccccc1)c1cccs1. The van der Waals surface area contributed by atoms with E-state index < -0.39 is 0 Å². The van der Waals surface area contributed by atoms with Crippen molar-refractivity contribution in [3.8, 4) is 5.75 Å². The summed E-state index contributed by atoms with van der Waals surface area (Å²) in [5, 5.41) is 5.23. The van der Waals surface area contributed by atoms with E-state index in [4.69, 9.17) is 4.74 Å². The van der Waals surface area contributed by atoms with Gasteiger partial charge in [-0.05, 0) is 37.0 Å². The Morgan fingerprint density at radius 2 is 1.93 bits per heavy atom. The second-order valence-corrected chi connectivity index (χ2v) is 7.89. The summed E-state index contributed by atoms with van der Waals surface area (Å²) in [5.74, 6) is 0.843. The number of hydrogen-bond donors (Lipinski definition) is 1. The molecule has 0 saturated heterocycles. The van der Waals surface area contributed by atoms with Crippen LogP contribution >= 0.6 is 11.3 Å². The number of likely N-dealkylation sites (N-methyl/N-ethyl adjacent to an activating group) is 1. The fraction of sp³-hybridized carbons (Fsp3) is 0.261. The fourth-order valence-corrected chi connectivity index (χ4v) is 4.05. The largest absolute Gasteiger partial charge is 0.496 e. The number of amides is 1. The number of hydrogen-bond acceptors (Lipinski definition) is 4. The van der Waals surface area contributed by atoms with E-state index in [1.54, 1.807) is 18.4 Å². The number of rotatable bonds is 8. The first kappa shape index (κ1) is 20.1. The van der Waals surface area contributed by atoms with Crippen LogP contribution in [-0.2, 0) is 11.3 Å². The molecule has 0 spiro atoms. The van der Waals surface area contributed by atoms with Crippen molar-refractivity contribution in [3.63, 3.8) is 0 Å². The summed E-state index contributed by atoms with van der Waals surface area (Å²) in [7, 11) is 3.62. The van der Waals surface area contributed by atoms with Crippen LogP contribution in [-0.4, -0.2) is 31.5 Å². The van der Waals surface area contributed by atoms with Crippen molar-refractivity contribution in [2.45, 2.75) is 19.5 Å². The molecular formula is C23H26N2O2S. The molecule has 0 bridgehead atoms. The molecule has 4 nitrogen and oxygen atoms in total. The Bertz CT molecular complexity index is 894. The number of aryl methyl sites for hydroxylation is 1. The monoisotopic (exact) mass is 394 g/mol. The van der Waals surface area contributed by atoms with Crippen molar-refractivity contribution in [1.29, 1.82) is 0 Å². The Morgan fingerprint density at radius 3 is 2.61 bits per heavy atom. The zero-order valence-corrected chi connectivity index (χ0v) is 17.3. The van der Waals surface area contributed by atoms with Gasteiger partial charge in [-0.1, -0.05) is 54.1 Å². The van der Waals surface area contributed by atoms with Crippen molar-refractivity contribution >= 4 is 17.2 Å². The van der Waals surface area contributed by atoms with Gasteiger partial charge in [0.05, 0.1) is 19.7 Å². The van der Waals surface area contributed by atoms with Gasteiger partial charge in [0.25, 0.3) is 0 Å². The van der Waals surface area contributed by atoms with Crippen LogP contribution in [0.1, 0.15) is 27.6 Å². The minimum atomic E-state index is -0.129. The minimum absolute atomic E-state index is 0.00336. The number of benzene rings is 2. The zero-order valence-electron chi connectivity index (χ0n) is 16.5. The quantitative estimate of drug-likeness (QED) is 0.616. The summed E-state index contributed by atoms with van der Waals surface area (Å²) in [4.78, 5) is 15.9. The van der Waals surface area contributed by atoms with Gasteiger partial charge in [-0.15, -0.1) is 11.3 Å². The lowest BCUT2D eigenvalue weighted by atomic mass is 10.1. The number of nitrogens with one attached hydrogen (secondary N) is 1. The van der Waals surface area contributed by atoms with Crippen LogP contribution in [0.2, 0.25) is 0 Å². The lowest BCUT2D eigenvalue weighted by Crippen LogP contribution is -2.37. The Kier molecular flexibility index (Phi) is 6.85. The lowest BCUT2D eigenvalue weighted by molar-refractivity contribution is -0.122. The van der Waals surface area contributed by atoms with Gasteiger partial charge in [0.2, 0.25) is 5.91 Å². The third-order valence-electron chi connectivity index (χ3n) is 4.56. The summed E-state index contributed by atoms with van der Waals surface area (Å²) >= 11 is 1.65. The van der Waals surface area contributed by atoms with Gasteiger partial charge >= 0.3 is 0 Å². The lowest BCUT2D eigenvalue weighted by Gasteiger charge is -2.22. The highest BCUT2D eigenvalue weighted by molar-refractivity contribution is 7.10. The summed E-state index contributed by atoms with van der Waals surface area (Å²) in [6.45, 7) is 3.01. The molecule has 1 heterocycles. The summed E-state index contributed by atoms with van der Waals surface area (Å²) in [6, 6.07) is 20.1. The molecule has 0 aliphatic rings. The first-order valence-electron chi connectivity index (χ1n) is 9.26. The van der Waals surface area contributed by atoms with Gasteiger partial charge in [0.15, 0.2) is 0 Å². The van der Waals surface area contributed by atoms with Gasteiger partial charge < -0.3 is 10.1 Å². The van der Waals surface area contributed by atoms with Crippen LogP contribution in [0.15, 0.2) is 66.0 Å². The maximum Gasteiger partial charge on any atom is 0.234 e. The standard InChI is InChI=1S/C23H26N2O2S/c1-17-11-12-20(27-3)19(14-17)15-25(2)16-22(26)24-23(21-10-7-13-28-21)18-8-5-4-6-9-18/h4-14,23H,15-16H2,1-3H3,(H,24,26)/t23-/m0/s1. The second kappa shape index (κ2) is 9.53. The van der Waals surface area contributed by atoms with Crippen molar-refractivity contribution in [2.24, 2.45) is 0 Å². The van der Waals surface area contributed by atoms with E-state index in [9.17, 15) is 4.79 Å². The molecular weight excluding hydrogens is 368 g/mol. The highest BCUT2D eigenvalue weighted by Crippen LogP contribution is 2.26. The van der Waals surface area contributed by atoms with Crippen LogP contribution < -0.4 is 10.1 Å². The molecule has 0 saturated carbocycles. The average molecular weight is 395 g/mol. The molecule has 0 fully saturated rings. The van der Waals surface area contributed by atoms with Crippen molar-refractivity contribution in [2.75, 3.05) is 20.7 Å². The van der Waals surface area contributed by atoms with E-state index >= 15 is 0 Å². The molecule has 3 aromatic rings. The number of ether oxygens (including phenoxy) is 1. The van der Waals surface area contributed by atoms with E-state index in [1.807, 2.05) is 65.9 Å². The molecule has 28 heavy (non-hydrogen) atoms. The van der Waals surface area contributed by atoms with Gasteiger partial charge in [0, 0.05) is 17.0 Å². The number of nitrogens with zero attached hydrogens (tertiary/aromatic N) is 1. The Balaban J connectivity index is 1.67. The number of carbonyl (C=O) groups excluding carboxylic acids is 1. The zero-order chi connectivity index (χ0) is 19.9. The van der Waals surface area contributed by atoms with Crippen LogP contribution in [0.25, 0.3) is 0 Å². The summed E-state index contributed by atoms with van der Waals surface area (Å²) in [6.07, 6.45) is 0. The van der Waals surface area contributed by atoms with E-state index in [1.165, 1.54) is 5.56 Å². The first-order valence-corrected chi connectivity index (χ1v) is 10.1. The van der Waals surface area contributed by atoms with Crippen LogP contribution in [0.5, 0.6) is 5.75 Å². The van der Waals surface area contributed by atoms with E-state index in [2.05, 4.69) is 24.4 Å². The molecule has 0 aliphatic heterocycles. The third kappa shape index (κ3) is 5.21. The Labute approximate surface area is 170 Å². The van der Waals surface area contributed by atoms with Gasteiger partial charge in [-0.3, -0.25) is 9.69 Å². The molecule has 0 aliphatic carbocycles. The van der Waals surface area contributed by atoms with E-state index in [0.717, 1.165) is 21.8 Å². The van der Waals surface area contributed by atoms with E-state index in [0.29, 0.717) is 13.1 Å². The Morgan fingerprint density at radius 1 is 1.14 bits per heavy atom. The smallest absolute Gasteiger partial charge is 0.234 e. The number of thiophene rings is 1. The van der Waals surface area contributed by atoms with Crippen molar-refractivity contribution < 1.29 is 9.53 Å². The predicted octanol–water partition coefficient (Wildman–Crippen LogP) is 4.40. The van der Waals surface area contributed by atoms with Crippen molar-refractivity contribution in [1.82, 2.24) is 10.2 Å². The molecule has 1 atom stereocenters. The molecule has 5 heteroatoms. The molecule has 0 unspecified atom stereocenters. The summed E-state index contributed by atoms with van der Waals surface area (Å²) < 4.78 is 5.45. The molecule has 146 valence electrons. The second-order valence-electron chi connectivity index (χ2n) is 6.91. The van der Waals surface area contributed by atoms with Gasteiger partial charge in [-0.2, -0.15) is 0 Å². The van der Waals surface area contributed by atoms with Crippen LogP contribution in [0, 0.1) is 6.92 Å². The highest BCUT2D eigenvalue weighted by atomic mass is 32.1. The van der Waals surface area contributed by atoms with Gasteiger partial charge in [-0.25, -0.2) is 0 Å². The highest BCUT2D eigenvalue weighted by Gasteiger charge is 2.19. The first-order chi connectivity index (χ1) is 13.6. The van der Waals surface area contributed by atoms with E-state index in [-0.39, 0.29) is 11.9 Å². The molecule has 2 aromatic carbocycles. The number of carbonyl (C=O) groups is 1. The predicted molar refractivity (Wildman–Crippen MR) is 115 cm³/mol. The normalized spacial score (nSPS) is 12.0. The average Bonchev–Trinajstić information content (AvgIpc) is 3.21. The molecule has 1 amide bonds. The fourth-order valence-electron chi connectivity index (χ4n) is 3.25. The minimum Gasteiger partial charge on any atom is -0.496 e. The molecule has 1 aromatic heterocycles. The Hall–Kier alpha value is -2.63. The van der Waals surface area contributed by atoms with Crippen molar-refractivity contribution in [3.05, 3.63) is 87.6 Å². The van der Waals surface area contributed by atoms with Crippen LogP contribution in [0.4, 0.5) is 0 Å². The topological polar surface area (TPSA) is 41.6 Å². The summed E-state index contributed by atoms with van der Waals surface area (Å²) in [5.41, 5.74) is 3.34. The van der Waals surface area contributed by atoms with Crippen LogP contribution in [0.3, 0.4) is 0 Å². The maximum absolute atomic E-state index is 12.8.